The normalized spacial score (nSPS) is 21.0. The van der Waals surface area contributed by atoms with Gasteiger partial charge in [-0.25, -0.2) is 0 Å². The van der Waals surface area contributed by atoms with E-state index >= 15 is 0 Å². The highest BCUT2D eigenvalue weighted by Gasteiger charge is 2.35. The molecule has 154 valence electrons. The smallest absolute Gasteiger partial charge is 0.258 e. The van der Waals surface area contributed by atoms with Gasteiger partial charge in [0, 0.05) is 24.7 Å². The van der Waals surface area contributed by atoms with E-state index in [1.54, 1.807) is 23.1 Å². The summed E-state index contributed by atoms with van der Waals surface area (Å²) in [6, 6.07) is 4.54. The molecule has 2 amide bonds. The first-order valence-electron chi connectivity index (χ1n) is 10.1. The predicted molar refractivity (Wildman–Crippen MR) is 110 cm³/mol. The Morgan fingerprint density at radius 3 is 2.68 bits per heavy atom. The van der Waals surface area contributed by atoms with E-state index in [1.807, 2.05) is 0 Å². The molecule has 3 rings (SSSR count). The van der Waals surface area contributed by atoms with Gasteiger partial charge in [-0.3, -0.25) is 9.59 Å². The number of amides is 2. The average Bonchev–Trinajstić information content (AvgIpc) is 3.19. The Kier molecular flexibility index (Phi) is 7.18. The van der Waals surface area contributed by atoms with Crippen molar-refractivity contribution in [3.05, 3.63) is 28.8 Å². The summed E-state index contributed by atoms with van der Waals surface area (Å²) in [6.45, 7) is 6.53. The molecule has 0 unspecified atom stereocenters. The number of rotatable bonds is 6. The van der Waals surface area contributed by atoms with E-state index in [-0.39, 0.29) is 11.8 Å². The SMILES string of the molecule is COc1ccc(Cl)cc1C(=O)N1CCC[C@@H]1C(=O)NCCN1CCC(C)CC1. The second-order valence-corrected chi connectivity index (χ2v) is 8.25. The molecule has 2 aliphatic heterocycles. The van der Waals surface area contributed by atoms with Crippen molar-refractivity contribution in [1.29, 1.82) is 0 Å². The highest BCUT2D eigenvalue weighted by Crippen LogP contribution is 2.27. The number of hydrogen-bond acceptors (Lipinski definition) is 4. The fraction of sp³-hybridized carbons (Fsp3) is 0.619. The van der Waals surface area contributed by atoms with Gasteiger partial charge in [-0.1, -0.05) is 18.5 Å². The van der Waals surface area contributed by atoms with Gasteiger partial charge < -0.3 is 19.9 Å². The number of halogens is 1. The first kappa shape index (κ1) is 20.9. The quantitative estimate of drug-likeness (QED) is 0.787. The van der Waals surface area contributed by atoms with Crippen molar-refractivity contribution < 1.29 is 14.3 Å². The van der Waals surface area contributed by atoms with Crippen LogP contribution < -0.4 is 10.1 Å². The lowest BCUT2D eigenvalue weighted by Gasteiger charge is -2.30. The number of piperidine rings is 1. The lowest BCUT2D eigenvalue weighted by atomic mass is 9.99. The van der Waals surface area contributed by atoms with Gasteiger partial charge in [-0.2, -0.15) is 0 Å². The van der Waals surface area contributed by atoms with E-state index < -0.39 is 6.04 Å². The third-order valence-electron chi connectivity index (χ3n) is 5.81. The lowest BCUT2D eigenvalue weighted by molar-refractivity contribution is -0.124. The number of nitrogens with zero attached hydrogens (tertiary/aromatic N) is 2. The predicted octanol–water partition coefficient (Wildman–Crippen LogP) is 2.80. The summed E-state index contributed by atoms with van der Waals surface area (Å²) in [5.74, 6) is 0.992. The molecule has 2 fully saturated rings. The molecule has 0 radical (unpaired) electrons. The molecule has 2 aliphatic rings. The number of nitrogens with one attached hydrogen (secondary N) is 1. The van der Waals surface area contributed by atoms with Gasteiger partial charge in [0.2, 0.25) is 5.91 Å². The van der Waals surface area contributed by atoms with Gasteiger partial charge in [0.15, 0.2) is 0 Å². The summed E-state index contributed by atoms with van der Waals surface area (Å²) in [4.78, 5) is 29.8. The van der Waals surface area contributed by atoms with Crippen molar-refractivity contribution >= 4 is 23.4 Å². The monoisotopic (exact) mass is 407 g/mol. The van der Waals surface area contributed by atoms with Crippen molar-refractivity contribution in [2.24, 2.45) is 5.92 Å². The van der Waals surface area contributed by atoms with Crippen LogP contribution >= 0.6 is 11.6 Å². The molecule has 6 nitrogen and oxygen atoms in total. The Bertz CT molecular complexity index is 704. The van der Waals surface area contributed by atoms with Crippen LogP contribution in [0.1, 0.15) is 43.0 Å². The van der Waals surface area contributed by atoms with E-state index in [0.29, 0.717) is 35.8 Å². The van der Waals surface area contributed by atoms with Crippen LogP contribution in [0.2, 0.25) is 5.02 Å². The molecule has 0 aliphatic carbocycles. The molecule has 2 heterocycles. The molecular formula is C21H30ClN3O3. The summed E-state index contributed by atoms with van der Waals surface area (Å²) in [5, 5.41) is 3.50. The van der Waals surface area contributed by atoms with Gasteiger partial charge >= 0.3 is 0 Å². The van der Waals surface area contributed by atoms with Gasteiger partial charge in [0.25, 0.3) is 5.91 Å². The van der Waals surface area contributed by atoms with E-state index in [0.717, 1.165) is 32.0 Å². The van der Waals surface area contributed by atoms with Crippen LogP contribution in [-0.4, -0.2) is 67.5 Å². The molecular weight excluding hydrogens is 378 g/mol. The van der Waals surface area contributed by atoms with Gasteiger partial charge in [-0.15, -0.1) is 0 Å². The van der Waals surface area contributed by atoms with Crippen molar-refractivity contribution in [2.75, 3.05) is 39.8 Å². The third-order valence-corrected chi connectivity index (χ3v) is 6.05. The minimum absolute atomic E-state index is 0.0720. The van der Waals surface area contributed by atoms with Crippen molar-refractivity contribution in [2.45, 2.75) is 38.6 Å². The number of ether oxygens (including phenoxy) is 1. The average molecular weight is 408 g/mol. The molecule has 1 N–H and O–H groups in total. The molecule has 1 atom stereocenters. The zero-order valence-electron chi connectivity index (χ0n) is 16.7. The zero-order valence-corrected chi connectivity index (χ0v) is 17.5. The fourth-order valence-corrected chi connectivity index (χ4v) is 4.20. The summed E-state index contributed by atoms with van der Waals surface area (Å²) in [6.07, 6.45) is 3.94. The van der Waals surface area contributed by atoms with E-state index in [2.05, 4.69) is 17.1 Å². The molecule has 0 saturated carbocycles. The Morgan fingerprint density at radius 2 is 1.96 bits per heavy atom. The van der Waals surface area contributed by atoms with Crippen molar-refractivity contribution in [3.8, 4) is 5.75 Å². The van der Waals surface area contributed by atoms with Crippen molar-refractivity contribution in [1.82, 2.24) is 15.1 Å². The maximum atomic E-state index is 13.0. The molecule has 1 aromatic carbocycles. The van der Waals surface area contributed by atoms with Crippen LogP contribution in [0.15, 0.2) is 18.2 Å². The lowest BCUT2D eigenvalue weighted by Crippen LogP contribution is -2.48. The summed E-state index contributed by atoms with van der Waals surface area (Å²) in [7, 11) is 1.52. The van der Waals surface area contributed by atoms with E-state index in [4.69, 9.17) is 16.3 Å². The van der Waals surface area contributed by atoms with Crippen LogP contribution in [0, 0.1) is 5.92 Å². The molecule has 7 heteroatoms. The summed E-state index contributed by atoms with van der Waals surface area (Å²) >= 11 is 6.06. The Labute approximate surface area is 172 Å². The maximum Gasteiger partial charge on any atom is 0.258 e. The summed E-state index contributed by atoms with van der Waals surface area (Å²) in [5.41, 5.74) is 0.400. The van der Waals surface area contributed by atoms with E-state index in [1.165, 1.54) is 20.0 Å². The van der Waals surface area contributed by atoms with Gasteiger partial charge in [0.1, 0.15) is 11.8 Å². The first-order valence-corrected chi connectivity index (χ1v) is 10.5. The number of benzene rings is 1. The number of likely N-dealkylation sites (tertiary alicyclic amines) is 2. The maximum absolute atomic E-state index is 13.0. The largest absolute Gasteiger partial charge is 0.496 e. The highest BCUT2D eigenvalue weighted by molar-refractivity contribution is 6.31. The second kappa shape index (κ2) is 9.61. The highest BCUT2D eigenvalue weighted by atomic mass is 35.5. The molecule has 28 heavy (non-hydrogen) atoms. The minimum Gasteiger partial charge on any atom is -0.496 e. The van der Waals surface area contributed by atoms with Crippen LogP contribution in [0.4, 0.5) is 0 Å². The van der Waals surface area contributed by atoms with Gasteiger partial charge in [-0.05, 0) is 62.9 Å². The Balaban J connectivity index is 1.57. The molecule has 0 aromatic heterocycles. The summed E-state index contributed by atoms with van der Waals surface area (Å²) < 4.78 is 5.30. The van der Waals surface area contributed by atoms with Crippen LogP contribution in [0.25, 0.3) is 0 Å². The number of carbonyl (C=O) groups excluding carboxylic acids is 2. The van der Waals surface area contributed by atoms with Crippen molar-refractivity contribution in [3.63, 3.8) is 0 Å². The minimum atomic E-state index is -0.433. The number of hydrogen-bond donors (Lipinski definition) is 1. The second-order valence-electron chi connectivity index (χ2n) is 7.82. The molecule has 1 aromatic rings. The first-order chi connectivity index (χ1) is 13.5. The number of methoxy groups -OCH3 is 1. The fourth-order valence-electron chi connectivity index (χ4n) is 4.03. The van der Waals surface area contributed by atoms with Crippen LogP contribution in [0.3, 0.4) is 0 Å². The Morgan fingerprint density at radius 1 is 1.21 bits per heavy atom. The zero-order chi connectivity index (χ0) is 20.1. The standard InChI is InChI=1S/C21H30ClN3O3/c1-15-7-11-24(12-8-15)13-9-23-20(26)18-4-3-10-25(18)21(27)17-14-16(22)5-6-19(17)28-2/h5-6,14-15,18H,3-4,7-13H2,1-2H3,(H,23,26)/t18-/m1/s1. The van der Waals surface area contributed by atoms with E-state index in [9.17, 15) is 9.59 Å². The number of carbonyl (C=O) groups is 2. The third kappa shape index (κ3) is 4.97. The Hall–Kier alpha value is -1.79. The van der Waals surface area contributed by atoms with Crippen LogP contribution in [-0.2, 0) is 4.79 Å². The molecule has 2 saturated heterocycles. The van der Waals surface area contributed by atoms with Crippen LogP contribution in [0.5, 0.6) is 5.75 Å². The van der Waals surface area contributed by atoms with Gasteiger partial charge in [0.05, 0.1) is 12.7 Å². The topological polar surface area (TPSA) is 61.9 Å². The molecule has 0 bridgehead atoms. The molecule has 0 spiro atoms.